The lowest BCUT2D eigenvalue weighted by atomic mass is 9.61. The second-order valence-electron chi connectivity index (χ2n) is 8.83. The minimum atomic E-state index is -5.46. The average Bonchev–Trinajstić information content (AvgIpc) is 2.31. The summed E-state index contributed by atoms with van der Waals surface area (Å²) in [5.41, 5.74) is -6.92. The Labute approximate surface area is 148 Å². The van der Waals surface area contributed by atoms with Gasteiger partial charge in [-0.2, -0.15) is 13.2 Å². The number of ether oxygens (including phenoxy) is 1. The third-order valence-corrected chi connectivity index (χ3v) is 5.32. The Morgan fingerprint density at radius 2 is 1.48 bits per heavy atom. The van der Waals surface area contributed by atoms with Crippen LogP contribution in [0, 0.1) is 16.2 Å². The molecule has 0 amide bonds. The molecule has 0 bridgehead atoms. The molecule has 150 valence electrons. The van der Waals surface area contributed by atoms with Gasteiger partial charge in [0.15, 0.2) is 0 Å². The first-order chi connectivity index (χ1) is 10.7. The van der Waals surface area contributed by atoms with Crippen LogP contribution in [0.15, 0.2) is 0 Å². The summed E-state index contributed by atoms with van der Waals surface area (Å²) in [6.45, 7) is 14.0. The molecular formula is C16H30F3NO4S. The monoisotopic (exact) mass is 389 g/mol. The number of halogens is 3. The normalized spacial score (nSPS) is 17.7. The lowest BCUT2D eigenvalue weighted by Gasteiger charge is -2.43. The summed E-state index contributed by atoms with van der Waals surface area (Å²) in [5.74, 6) is -0.561. The van der Waals surface area contributed by atoms with Crippen LogP contribution in [-0.2, 0) is 19.6 Å². The molecular weight excluding hydrogens is 359 g/mol. The molecule has 2 atom stereocenters. The lowest BCUT2D eigenvalue weighted by Crippen LogP contribution is -2.47. The van der Waals surface area contributed by atoms with Gasteiger partial charge in [-0.3, -0.25) is 4.79 Å². The summed E-state index contributed by atoms with van der Waals surface area (Å²) in [4.78, 5) is 12.7. The molecule has 0 heterocycles. The quantitative estimate of drug-likeness (QED) is 0.701. The number of hydrogen-bond donors (Lipinski definition) is 1. The van der Waals surface area contributed by atoms with Crippen LogP contribution < -0.4 is 4.72 Å². The standard InChI is InChI=1S/C16H30F3NO4S/c1-11(9-20-25(22,23)16(17,18)19)24-12(21)15(8,14(5,6)7)10-13(2,3)4/h11,20H,9-10H2,1-8H3. The summed E-state index contributed by atoms with van der Waals surface area (Å²) >= 11 is 0. The first kappa shape index (κ1) is 24.2. The summed E-state index contributed by atoms with van der Waals surface area (Å²) in [6, 6.07) is 0. The van der Waals surface area contributed by atoms with Crippen molar-refractivity contribution in [3.05, 3.63) is 0 Å². The van der Waals surface area contributed by atoms with Crippen molar-refractivity contribution in [2.24, 2.45) is 16.2 Å². The molecule has 0 spiro atoms. The highest BCUT2D eigenvalue weighted by Crippen LogP contribution is 2.47. The Morgan fingerprint density at radius 3 is 1.80 bits per heavy atom. The van der Waals surface area contributed by atoms with Crippen LogP contribution in [0.3, 0.4) is 0 Å². The van der Waals surface area contributed by atoms with E-state index in [1.807, 2.05) is 41.5 Å². The third kappa shape index (κ3) is 6.77. The summed E-state index contributed by atoms with van der Waals surface area (Å²) in [6.07, 6.45) is -0.533. The van der Waals surface area contributed by atoms with Crippen molar-refractivity contribution in [1.82, 2.24) is 4.72 Å². The van der Waals surface area contributed by atoms with Crippen LogP contribution in [0.4, 0.5) is 13.2 Å². The van der Waals surface area contributed by atoms with E-state index in [-0.39, 0.29) is 5.41 Å². The maximum atomic E-state index is 12.7. The molecule has 0 aliphatic rings. The Kier molecular flexibility index (Phi) is 7.18. The molecule has 0 aromatic carbocycles. The molecule has 0 aromatic heterocycles. The average molecular weight is 389 g/mol. The predicted octanol–water partition coefficient (Wildman–Crippen LogP) is 3.85. The molecule has 9 heteroatoms. The van der Waals surface area contributed by atoms with E-state index in [1.165, 1.54) is 11.6 Å². The van der Waals surface area contributed by atoms with Crippen molar-refractivity contribution in [2.45, 2.75) is 73.4 Å². The molecule has 5 nitrogen and oxygen atoms in total. The van der Waals surface area contributed by atoms with E-state index in [0.29, 0.717) is 6.42 Å². The van der Waals surface area contributed by atoms with Crippen LogP contribution >= 0.6 is 0 Å². The Balaban J connectivity index is 5.15. The zero-order valence-corrected chi connectivity index (χ0v) is 17.0. The van der Waals surface area contributed by atoms with E-state index >= 15 is 0 Å². The van der Waals surface area contributed by atoms with Crippen molar-refractivity contribution >= 4 is 16.0 Å². The number of alkyl halides is 3. The topological polar surface area (TPSA) is 72.5 Å². The second kappa shape index (κ2) is 7.42. The van der Waals surface area contributed by atoms with E-state index in [1.54, 1.807) is 6.92 Å². The summed E-state index contributed by atoms with van der Waals surface area (Å²) in [5, 5.41) is 0. The first-order valence-electron chi connectivity index (χ1n) is 8.00. The van der Waals surface area contributed by atoms with Gasteiger partial charge in [-0.05, 0) is 31.1 Å². The number of sulfonamides is 1. The zero-order chi connectivity index (χ0) is 20.5. The maximum absolute atomic E-state index is 12.7. The highest BCUT2D eigenvalue weighted by molar-refractivity contribution is 7.90. The van der Waals surface area contributed by atoms with E-state index in [9.17, 15) is 26.4 Å². The van der Waals surface area contributed by atoms with Crippen LogP contribution in [0.25, 0.3) is 0 Å². The predicted molar refractivity (Wildman–Crippen MR) is 90.2 cm³/mol. The molecule has 25 heavy (non-hydrogen) atoms. The Hall–Kier alpha value is -0.830. The lowest BCUT2D eigenvalue weighted by molar-refractivity contribution is -0.169. The Bertz CT molecular complexity index is 574. The number of rotatable bonds is 6. The molecule has 0 saturated carbocycles. The SMILES string of the molecule is CC(CNS(=O)(=O)C(F)(F)F)OC(=O)C(C)(CC(C)(C)C)C(C)(C)C. The van der Waals surface area contributed by atoms with Crippen LogP contribution in [0.5, 0.6) is 0 Å². The molecule has 1 N–H and O–H groups in total. The minimum Gasteiger partial charge on any atom is -0.461 e. The van der Waals surface area contributed by atoms with Gasteiger partial charge in [-0.1, -0.05) is 41.5 Å². The van der Waals surface area contributed by atoms with Gasteiger partial charge >= 0.3 is 21.5 Å². The zero-order valence-electron chi connectivity index (χ0n) is 16.2. The molecule has 0 fully saturated rings. The van der Waals surface area contributed by atoms with Gasteiger partial charge in [-0.15, -0.1) is 0 Å². The fourth-order valence-electron chi connectivity index (χ4n) is 2.37. The van der Waals surface area contributed by atoms with Crippen molar-refractivity contribution in [3.8, 4) is 0 Å². The van der Waals surface area contributed by atoms with Crippen molar-refractivity contribution in [3.63, 3.8) is 0 Å². The first-order valence-corrected chi connectivity index (χ1v) is 9.48. The molecule has 2 unspecified atom stereocenters. The van der Waals surface area contributed by atoms with Gasteiger partial charge in [0.1, 0.15) is 6.10 Å². The van der Waals surface area contributed by atoms with E-state index in [4.69, 9.17) is 4.74 Å². The van der Waals surface area contributed by atoms with Gasteiger partial charge in [0.05, 0.1) is 5.41 Å². The van der Waals surface area contributed by atoms with E-state index in [2.05, 4.69) is 0 Å². The summed E-state index contributed by atoms with van der Waals surface area (Å²) < 4.78 is 65.7. The third-order valence-electron chi connectivity index (χ3n) is 4.16. The van der Waals surface area contributed by atoms with E-state index in [0.717, 1.165) is 0 Å². The minimum absolute atomic E-state index is 0.178. The van der Waals surface area contributed by atoms with Gasteiger partial charge in [0, 0.05) is 6.54 Å². The van der Waals surface area contributed by atoms with E-state index < -0.39 is 45.0 Å². The van der Waals surface area contributed by atoms with Gasteiger partial charge < -0.3 is 4.74 Å². The van der Waals surface area contributed by atoms with Gasteiger partial charge in [0.25, 0.3) is 0 Å². The fraction of sp³-hybridized carbons (Fsp3) is 0.938. The van der Waals surface area contributed by atoms with Gasteiger partial charge in [0.2, 0.25) is 0 Å². The second-order valence-corrected chi connectivity index (χ2v) is 10.6. The van der Waals surface area contributed by atoms with Crippen LogP contribution in [0.2, 0.25) is 0 Å². The smallest absolute Gasteiger partial charge is 0.461 e. The van der Waals surface area contributed by atoms with Crippen molar-refractivity contribution in [1.29, 1.82) is 0 Å². The van der Waals surface area contributed by atoms with Crippen LogP contribution in [0.1, 0.15) is 61.8 Å². The van der Waals surface area contributed by atoms with Crippen molar-refractivity contribution < 1.29 is 31.1 Å². The Morgan fingerprint density at radius 1 is 1.04 bits per heavy atom. The molecule has 0 saturated heterocycles. The number of carbonyl (C=O) groups is 1. The number of hydrogen-bond acceptors (Lipinski definition) is 4. The van der Waals surface area contributed by atoms with Gasteiger partial charge in [-0.25, -0.2) is 13.1 Å². The molecule has 0 aliphatic heterocycles. The van der Waals surface area contributed by atoms with Crippen molar-refractivity contribution in [2.75, 3.05) is 6.54 Å². The summed E-state index contributed by atoms with van der Waals surface area (Å²) in [7, 11) is -5.46. The molecule has 0 aromatic rings. The fourth-order valence-corrected chi connectivity index (χ4v) is 2.99. The van der Waals surface area contributed by atoms with Crippen LogP contribution in [-0.4, -0.2) is 32.5 Å². The molecule has 0 rings (SSSR count). The highest BCUT2D eigenvalue weighted by atomic mass is 32.2. The molecule has 0 aliphatic carbocycles. The largest absolute Gasteiger partial charge is 0.511 e. The maximum Gasteiger partial charge on any atom is 0.511 e. The number of esters is 1. The highest BCUT2D eigenvalue weighted by Gasteiger charge is 2.49. The number of carbonyl (C=O) groups excluding carboxylic acids is 1. The number of nitrogens with one attached hydrogen (secondary N) is 1. The molecule has 0 radical (unpaired) electrons.